The van der Waals surface area contributed by atoms with Crippen LogP contribution in [0.4, 0.5) is 5.69 Å². The van der Waals surface area contributed by atoms with Crippen molar-refractivity contribution in [1.82, 2.24) is 5.32 Å². The quantitative estimate of drug-likeness (QED) is 0.501. The summed E-state index contributed by atoms with van der Waals surface area (Å²) in [6.07, 6.45) is 2.35. The Hall–Kier alpha value is -1.85. The maximum atomic E-state index is 10.9. The highest BCUT2D eigenvalue weighted by molar-refractivity contribution is 6.31. The van der Waals surface area contributed by atoms with Gasteiger partial charge in [0.05, 0.1) is 21.8 Å². The predicted molar refractivity (Wildman–Crippen MR) is 72.2 cm³/mol. The fourth-order valence-electron chi connectivity index (χ4n) is 1.77. The van der Waals surface area contributed by atoms with E-state index in [0.29, 0.717) is 23.7 Å². The summed E-state index contributed by atoms with van der Waals surface area (Å²) in [7, 11) is 0. The Bertz CT molecular complexity index is 555. The van der Waals surface area contributed by atoms with E-state index in [1.54, 1.807) is 18.4 Å². The molecule has 5 nitrogen and oxygen atoms in total. The SMILES string of the molecule is O=[N+]([O-])c1cccc(Cl)c1CNCCc1ccco1. The van der Waals surface area contributed by atoms with E-state index in [4.69, 9.17) is 16.0 Å². The third-order valence-electron chi connectivity index (χ3n) is 2.72. The number of hydrogen-bond acceptors (Lipinski definition) is 4. The summed E-state index contributed by atoms with van der Waals surface area (Å²) >= 11 is 5.99. The van der Waals surface area contributed by atoms with Crippen molar-refractivity contribution in [3.05, 3.63) is 63.1 Å². The lowest BCUT2D eigenvalue weighted by Crippen LogP contribution is -2.17. The van der Waals surface area contributed by atoms with Gasteiger partial charge in [-0.1, -0.05) is 17.7 Å². The number of hydrogen-bond donors (Lipinski definition) is 1. The van der Waals surface area contributed by atoms with E-state index in [1.165, 1.54) is 6.07 Å². The van der Waals surface area contributed by atoms with Gasteiger partial charge in [0.2, 0.25) is 0 Å². The highest BCUT2D eigenvalue weighted by Crippen LogP contribution is 2.25. The molecule has 0 aliphatic rings. The predicted octanol–water partition coefficient (Wildman–Crippen LogP) is 3.17. The Kier molecular flexibility index (Phi) is 4.54. The molecule has 0 fully saturated rings. The van der Waals surface area contributed by atoms with Gasteiger partial charge in [-0.3, -0.25) is 10.1 Å². The molecule has 0 aliphatic carbocycles. The molecular formula is C13H13ClN2O3. The van der Waals surface area contributed by atoms with Gasteiger partial charge in [0.1, 0.15) is 5.76 Å². The van der Waals surface area contributed by atoms with Crippen LogP contribution in [0, 0.1) is 10.1 Å². The molecule has 0 atom stereocenters. The Labute approximate surface area is 115 Å². The van der Waals surface area contributed by atoms with Crippen LogP contribution in [0.2, 0.25) is 5.02 Å². The average molecular weight is 281 g/mol. The zero-order valence-corrected chi connectivity index (χ0v) is 10.9. The van der Waals surface area contributed by atoms with Crippen LogP contribution in [0.1, 0.15) is 11.3 Å². The van der Waals surface area contributed by atoms with Crippen molar-refractivity contribution in [3.63, 3.8) is 0 Å². The number of nitro groups is 1. The fraction of sp³-hybridized carbons (Fsp3) is 0.231. The lowest BCUT2D eigenvalue weighted by molar-refractivity contribution is -0.385. The van der Waals surface area contributed by atoms with Crippen molar-refractivity contribution >= 4 is 17.3 Å². The molecule has 19 heavy (non-hydrogen) atoms. The first-order valence-corrected chi connectivity index (χ1v) is 6.21. The smallest absolute Gasteiger partial charge is 0.275 e. The zero-order chi connectivity index (χ0) is 13.7. The largest absolute Gasteiger partial charge is 0.469 e. The summed E-state index contributed by atoms with van der Waals surface area (Å²) < 4.78 is 5.20. The van der Waals surface area contributed by atoms with E-state index in [9.17, 15) is 10.1 Å². The minimum absolute atomic E-state index is 0.0398. The molecule has 1 N–H and O–H groups in total. The molecule has 2 aromatic rings. The summed E-state index contributed by atoms with van der Waals surface area (Å²) in [6, 6.07) is 8.40. The number of benzene rings is 1. The van der Waals surface area contributed by atoms with Gasteiger partial charge in [-0.05, 0) is 18.2 Å². The number of rotatable bonds is 6. The van der Waals surface area contributed by atoms with Crippen LogP contribution < -0.4 is 5.32 Å². The molecule has 1 aromatic carbocycles. The topological polar surface area (TPSA) is 68.3 Å². The average Bonchev–Trinajstić information content (AvgIpc) is 2.88. The number of halogens is 1. The molecular weight excluding hydrogens is 268 g/mol. The molecule has 0 amide bonds. The second-order valence-corrected chi connectivity index (χ2v) is 4.41. The van der Waals surface area contributed by atoms with Crippen molar-refractivity contribution in [2.45, 2.75) is 13.0 Å². The molecule has 0 saturated carbocycles. The summed E-state index contributed by atoms with van der Waals surface area (Å²) in [5.41, 5.74) is 0.548. The van der Waals surface area contributed by atoms with E-state index in [0.717, 1.165) is 12.2 Å². The van der Waals surface area contributed by atoms with Gasteiger partial charge in [-0.25, -0.2) is 0 Å². The van der Waals surface area contributed by atoms with Gasteiger partial charge in [0.25, 0.3) is 5.69 Å². The lowest BCUT2D eigenvalue weighted by Gasteiger charge is -2.06. The van der Waals surface area contributed by atoms with Gasteiger partial charge in [-0.2, -0.15) is 0 Å². The Morgan fingerprint density at radius 2 is 2.16 bits per heavy atom. The second kappa shape index (κ2) is 6.36. The lowest BCUT2D eigenvalue weighted by atomic mass is 10.1. The number of nitrogens with zero attached hydrogens (tertiary/aromatic N) is 1. The van der Waals surface area contributed by atoms with Crippen LogP contribution in [-0.4, -0.2) is 11.5 Å². The molecule has 0 saturated heterocycles. The van der Waals surface area contributed by atoms with Crippen molar-refractivity contribution in [1.29, 1.82) is 0 Å². The van der Waals surface area contributed by atoms with Crippen molar-refractivity contribution in [2.75, 3.05) is 6.54 Å². The third kappa shape index (κ3) is 3.56. The van der Waals surface area contributed by atoms with Crippen molar-refractivity contribution in [2.24, 2.45) is 0 Å². The van der Waals surface area contributed by atoms with Gasteiger partial charge >= 0.3 is 0 Å². The van der Waals surface area contributed by atoms with E-state index >= 15 is 0 Å². The van der Waals surface area contributed by atoms with Crippen LogP contribution in [0.15, 0.2) is 41.0 Å². The van der Waals surface area contributed by atoms with Crippen LogP contribution in [0.3, 0.4) is 0 Å². The van der Waals surface area contributed by atoms with Crippen LogP contribution >= 0.6 is 11.6 Å². The van der Waals surface area contributed by atoms with Crippen LogP contribution in [-0.2, 0) is 13.0 Å². The van der Waals surface area contributed by atoms with Gasteiger partial charge in [0, 0.05) is 25.6 Å². The van der Waals surface area contributed by atoms with Crippen LogP contribution in [0.25, 0.3) is 0 Å². The zero-order valence-electron chi connectivity index (χ0n) is 10.1. The van der Waals surface area contributed by atoms with Crippen molar-refractivity contribution in [3.8, 4) is 0 Å². The highest BCUT2D eigenvalue weighted by Gasteiger charge is 2.15. The molecule has 0 aliphatic heterocycles. The van der Waals surface area contributed by atoms with Gasteiger partial charge < -0.3 is 9.73 Å². The molecule has 0 unspecified atom stereocenters. The van der Waals surface area contributed by atoms with Gasteiger partial charge in [-0.15, -0.1) is 0 Å². The summed E-state index contributed by atoms with van der Waals surface area (Å²) in [5.74, 6) is 0.876. The highest BCUT2D eigenvalue weighted by atomic mass is 35.5. The third-order valence-corrected chi connectivity index (χ3v) is 3.07. The molecule has 0 spiro atoms. The summed E-state index contributed by atoms with van der Waals surface area (Å²) in [4.78, 5) is 10.5. The molecule has 0 bridgehead atoms. The standard InChI is InChI=1S/C13H13ClN2O3/c14-12-4-1-5-13(16(17)18)11(12)9-15-7-6-10-3-2-8-19-10/h1-5,8,15H,6-7,9H2. The van der Waals surface area contributed by atoms with Crippen LogP contribution in [0.5, 0.6) is 0 Å². The normalized spacial score (nSPS) is 10.6. The number of nitro benzene ring substituents is 1. The molecule has 100 valence electrons. The Morgan fingerprint density at radius 3 is 2.84 bits per heavy atom. The fourth-order valence-corrected chi connectivity index (χ4v) is 2.01. The van der Waals surface area contributed by atoms with E-state index < -0.39 is 4.92 Å². The molecule has 2 rings (SSSR count). The maximum absolute atomic E-state index is 10.9. The first-order chi connectivity index (χ1) is 9.18. The number of nitrogens with one attached hydrogen (secondary N) is 1. The Balaban J connectivity index is 1.93. The minimum atomic E-state index is -0.421. The van der Waals surface area contributed by atoms with Gasteiger partial charge in [0.15, 0.2) is 0 Å². The van der Waals surface area contributed by atoms with E-state index in [-0.39, 0.29) is 5.69 Å². The minimum Gasteiger partial charge on any atom is -0.469 e. The Morgan fingerprint density at radius 1 is 1.32 bits per heavy atom. The molecule has 6 heteroatoms. The molecule has 0 radical (unpaired) electrons. The first-order valence-electron chi connectivity index (χ1n) is 5.83. The molecule has 1 aromatic heterocycles. The maximum Gasteiger partial charge on any atom is 0.275 e. The van der Waals surface area contributed by atoms with E-state index in [2.05, 4.69) is 5.32 Å². The summed E-state index contributed by atoms with van der Waals surface area (Å²) in [6.45, 7) is 1.02. The first kappa shape index (κ1) is 13.6. The molecule has 1 heterocycles. The monoisotopic (exact) mass is 280 g/mol. The van der Waals surface area contributed by atoms with Crippen molar-refractivity contribution < 1.29 is 9.34 Å². The van der Waals surface area contributed by atoms with E-state index in [1.807, 2.05) is 12.1 Å². The number of furan rings is 1. The second-order valence-electron chi connectivity index (χ2n) is 4.00. The summed E-state index contributed by atoms with van der Waals surface area (Å²) in [5, 5.41) is 14.4.